The first-order chi connectivity index (χ1) is 11.6. The lowest BCUT2D eigenvalue weighted by Crippen LogP contribution is -2.55. The number of hydrogen-bond donors (Lipinski definition) is 1. The third-order valence-electron chi connectivity index (χ3n) is 6.27. The zero-order valence-electron chi connectivity index (χ0n) is 15.3. The molecule has 1 saturated carbocycles. The third kappa shape index (κ3) is 4.50. The molecule has 1 aliphatic carbocycles. The van der Waals surface area contributed by atoms with Crippen molar-refractivity contribution >= 4 is 5.91 Å². The van der Waals surface area contributed by atoms with E-state index in [4.69, 9.17) is 10.5 Å². The Balaban J connectivity index is 1.38. The molecule has 2 atom stereocenters. The fourth-order valence-electron chi connectivity index (χ4n) is 4.58. The number of carbonyl (C=O) groups excluding carboxylic acids is 1. The van der Waals surface area contributed by atoms with E-state index in [9.17, 15) is 4.79 Å². The Hall–Kier alpha value is -0.650. The molecule has 5 heteroatoms. The van der Waals surface area contributed by atoms with Crippen molar-refractivity contribution in [3.05, 3.63) is 0 Å². The van der Waals surface area contributed by atoms with Gasteiger partial charge in [0.25, 0.3) is 0 Å². The van der Waals surface area contributed by atoms with Crippen molar-refractivity contribution in [3.8, 4) is 0 Å². The molecule has 2 saturated heterocycles. The maximum Gasteiger partial charge on any atom is 0.227 e. The van der Waals surface area contributed by atoms with E-state index < -0.39 is 0 Å². The van der Waals surface area contributed by atoms with Gasteiger partial charge in [-0.25, -0.2) is 0 Å². The van der Waals surface area contributed by atoms with Gasteiger partial charge in [-0.05, 0) is 58.5 Å². The van der Waals surface area contributed by atoms with Crippen LogP contribution in [-0.2, 0) is 9.53 Å². The topological polar surface area (TPSA) is 58.8 Å². The summed E-state index contributed by atoms with van der Waals surface area (Å²) in [5.41, 5.74) is 6.08. The van der Waals surface area contributed by atoms with Crippen molar-refractivity contribution in [2.24, 2.45) is 11.7 Å². The molecule has 138 valence electrons. The smallest absolute Gasteiger partial charge is 0.227 e. The summed E-state index contributed by atoms with van der Waals surface area (Å²) in [6.45, 7) is 8.09. The van der Waals surface area contributed by atoms with Crippen LogP contribution in [0.5, 0.6) is 0 Å². The van der Waals surface area contributed by atoms with Crippen LogP contribution in [0.4, 0.5) is 0 Å². The van der Waals surface area contributed by atoms with Crippen molar-refractivity contribution in [3.63, 3.8) is 0 Å². The van der Waals surface area contributed by atoms with Crippen LogP contribution < -0.4 is 5.73 Å². The van der Waals surface area contributed by atoms with Gasteiger partial charge in [0.15, 0.2) is 0 Å². The van der Waals surface area contributed by atoms with E-state index in [2.05, 4.69) is 11.8 Å². The van der Waals surface area contributed by atoms with Crippen molar-refractivity contribution < 1.29 is 9.53 Å². The standard InChI is InChI=1S/C19H35N3O2/c1-19(20)9-3-2-6-17(19)18(23)22-12-7-16(8-13-22)24-15-14-21-10-4-5-11-21/h16-17H,2-15,20H2,1H3. The maximum absolute atomic E-state index is 12.9. The third-order valence-corrected chi connectivity index (χ3v) is 6.27. The lowest BCUT2D eigenvalue weighted by atomic mass is 9.74. The average molecular weight is 338 g/mol. The van der Waals surface area contributed by atoms with Gasteiger partial charge in [-0.1, -0.05) is 12.8 Å². The number of amides is 1. The second-order valence-electron chi connectivity index (χ2n) is 8.25. The van der Waals surface area contributed by atoms with Crippen molar-refractivity contribution in [2.75, 3.05) is 39.3 Å². The van der Waals surface area contributed by atoms with Crippen LogP contribution in [0.3, 0.4) is 0 Å². The zero-order chi connectivity index (χ0) is 17.0. The van der Waals surface area contributed by atoms with Gasteiger partial charge >= 0.3 is 0 Å². The van der Waals surface area contributed by atoms with E-state index in [0.29, 0.717) is 6.10 Å². The molecular formula is C19H35N3O2. The molecule has 3 fully saturated rings. The van der Waals surface area contributed by atoms with Gasteiger partial charge in [-0.15, -0.1) is 0 Å². The van der Waals surface area contributed by atoms with Crippen LogP contribution in [0, 0.1) is 5.92 Å². The van der Waals surface area contributed by atoms with Gasteiger partial charge in [0.2, 0.25) is 5.91 Å². The Morgan fingerprint density at radius 2 is 1.79 bits per heavy atom. The van der Waals surface area contributed by atoms with Crippen LogP contribution in [-0.4, -0.2) is 66.7 Å². The molecule has 0 radical (unpaired) electrons. The monoisotopic (exact) mass is 337 g/mol. The van der Waals surface area contributed by atoms with Crippen molar-refractivity contribution in [2.45, 2.75) is 69.9 Å². The zero-order valence-corrected chi connectivity index (χ0v) is 15.3. The Kier molecular flexibility index (Phi) is 6.17. The van der Waals surface area contributed by atoms with Crippen molar-refractivity contribution in [1.29, 1.82) is 0 Å². The summed E-state index contributed by atoms with van der Waals surface area (Å²) in [4.78, 5) is 17.4. The number of ether oxygens (including phenoxy) is 1. The lowest BCUT2D eigenvalue weighted by molar-refractivity contribution is -0.141. The number of nitrogens with two attached hydrogens (primary N) is 1. The number of carbonyl (C=O) groups is 1. The molecule has 0 bridgehead atoms. The first-order valence-corrected chi connectivity index (χ1v) is 9.98. The molecule has 0 spiro atoms. The fraction of sp³-hybridized carbons (Fsp3) is 0.947. The molecule has 0 aromatic carbocycles. The van der Waals surface area contributed by atoms with E-state index in [0.717, 1.165) is 64.8 Å². The summed E-state index contributed by atoms with van der Waals surface area (Å²) in [7, 11) is 0. The lowest BCUT2D eigenvalue weighted by Gasteiger charge is -2.41. The van der Waals surface area contributed by atoms with E-state index in [1.165, 1.54) is 25.9 Å². The Labute approximate surface area is 146 Å². The molecule has 2 heterocycles. The van der Waals surface area contributed by atoms with Crippen LogP contribution in [0.2, 0.25) is 0 Å². The number of rotatable bonds is 5. The highest BCUT2D eigenvalue weighted by atomic mass is 16.5. The molecule has 0 aromatic heterocycles. The highest BCUT2D eigenvalue weighted by Crippen LogP contribution is 2.33. The first kappa shape index (κ1) is 18.2. The first-order valence-electron chi connectivity index (χ1n) is 9.98. The molecule has 5 nitrogen and oxygen atoms in total. The predicted octanol–water partition coefficient (Wildman–Crippen LogP) is 2.00. The normalized spacial score (nSPS) is 33.1. The average Bonchev–Trinajstić information content (AvgIpc) is 3.08. The molecule has 3 aliphatic rings. The van der Waals surface area contributed by atoms with Gasteiger partial charge in [0.05, 0.1) is 18.6 Å². The molecule has 2 aliphatic heterocycles. The SMILES string of the molecule is CC1(N)CCCCC1C(=O)N1CCC(OCCN2CCCC2)CC1. The van der Waals surface area contributed by atoms with Gasteiger partial charge in [0, 0.05) is 25.2 Å². The Bertz CT molecular complexity index is 413. The van der Waals surface area contributed by atoms with E-state index >= 15 is 0 Å². The number of likely N-dealkylation sites (tertiary alicyclic amines) is 2. The number of nitrogens with zero attached hydrogens (tertiary/aromatic N) is 2. The molecule has 1 amide bonds. The van der Waals surface area contributed by atoms with Crippen molar-refractivity contribution in [1.82, 2.24) is 9.80 Å². The highest BCUT2D eigenvalue weighted by molar-refractivity contribution is 5.80. The second-order valence-corrected chi connectivity index (χ2v) is 8.25. The summed E-state index contributed by atoms with van der Waals surface area (Å²) in [5, 5.41) is 0. The Morgan fingerprint density at radius 1 is 1.08 bits per heavy atom. The quantitative estimate of drug-likeness (QED) is 0.833. The van der Waals surface area contributed by atoms with E-state index in [-0.39, 0.29) is 17.4 Å². The summed E-state index contributed by atoms with van der Waals surface area (Å²) < 4.78 is 6.06. The minimum absolute atomic E-state index is 0.0129. The van der Waals surface area contributed by atoms with Gasteiger partial charge in [-0.3, -0.25) is 4.79 Å². The summed E-state index contributed by atoms with van der Waals surface area (Å²) in [6.07, 6.45) is 9.16. The highest BCUT2D eigenvalue weighted by Gasteiger charge is 2.40. The number of piperidine rings is 1. The van der Waals surface area contributed by atoms with Crippen LogP contribution >= 0.6 is 0 Å². The summed E-state index contributed by atoms with van der Waals surface area (Å²) in [5.74, 6) is 0.300. The molecule has 3 rings (SSSR count). The molecule has 24 heavy (non-hydrogen) atoms. The molecule has 2 N–H and O–H groups in total. The van der Waals surface area contributed by atoms with E-state index in [1.807, 2.05) is 4.90 Å². The summed E-state index contributed by atoms with van der Waals surface area (Å²) in [6, 6.07) is 0. The predicted molar refractivity (Wildman–Crippen MR) is 95.8 cm³/mol. The minimum Gasteiger partial charge on any atom is -0.377 e. The largest absolute Gasteiger partial charge is 0.377 e. The number of hydrogen-bond acceptors (Lipinski definition) is 4. The summed E-state index contributed by atoms with van der Waals surface area (Å²) >= 11 is 0. The maximum atomic E-state index is 12.9. The molecule has 2 unspecified atom stereocenters. The van der Waals surface area contributed by atoms with E-state index in [1.54, 1.807) is 0 Å². The van der Waals surface area contributed by atoms with Gasteiger partial charge < -0.3 is 20.3 Å². The second kappa shape index (κ2) is 8.15. The van der Waals surface area contributed by atoms with Crippen LogP contribution in [0.25, 0.3) is 0 Å². The fourth-order valence-corrected chi connectivity index (χ4v) is 4.58. The Morgan fingerprint density at radius 3 is 2.46 bits per heavy atom. The molecular weight excluding hydrogens is 302 g/mol. The van der Waals surface area contributed by atoms with Gasteiger partial charge in [0.1, 0.15) is 0 Å². The molecule has 0 aromatic rings. The minimum atomic E-state index is -0.321. The van der Waals surface area contributed by atoms with Crippen LogP contribution in [0.15, 0.2) is 0 Å². The van der Waals surface area contributed by atoms with Gasteiger partial charge in [-0.2, -0.15) is 0 Å². The van der Waals surface area contributed by atoms with Crippen LogP contribution in [0.1, 0.15) is 58.3 Å².